The molecule has 2 heteroatoms. The second-order valence-electron chi connectivity index (χ2n) is 4.41. The molecular formula is C14H15NS. The standard InChI is InChI=1S/C14H15NS/c1-10-14(6-7-16-10)15-13-8-11-4-2-3-5-12(11)9-13/h2-7,13,15H,8-9H2,1H3. The molecule has 0 unspecified atom stereocenters. The molecular weight excluding hydrogens is 214 g/mol. The number of anilines is 1. The molecule has 0 saturated heterocycles. The molecule has 82 valence electrons. The number of thiophene rings is 1. The van der Waals surface area contributed by atoms with Crippen LogP contribution in [0.1, 0.15) is 16.0 Å². The smallest absolute Gasteiger partial charge is 0.0480 e. The van der Waals surface area contributed by atoms with Gasteiger partial charge >= 0.3 is 0 Å². The molecule has 0 aliphatic heterocycles. The van der Waals surface area contributed by atoms with E-state index in [0.29, 0.717) is 6.04 Å². The lowest BCUT2D eigenvalue weighted by Crippen LogP contribution is -2.19. The fraction of sp³-hybridized carbons (Fsp3) is 0.286. The highest BCUT2D eigenvalue weighted by Crippen LogP contribution is 2.27. The molecule has 1 N–H and O–H groups in total. The first-order valence-corrected chi connectivity index (χ1v) is 6.58. The fourth-order valence-corrected chi connectivity index (χ4v) is 3.08. The number of benzene rings is 1. The molecule has 0 atom stereocenters. The van der Waals surface area contributed by atoms with Gasteiger partial charge in [-0.2, -0.15) is 0 Å². The molecule has 1 heterocycles. The Morgan fingerprint density at radius 1 is 1.12 bits per heavy atom. The van der Waals surface area contributed by atoms with Crippen molar-refractivity contribution in [3.05, 3.63) is 51.7 Å². The summed E-state index contributed by atoms with van der Waals surface area (Å²) in [5.41, 5.74) is 4.32. The average Bonchev–Trinajstić information content (AvgIpc) is 2.85. The predicted octanol–water partition coefficient (Wildman–Crippen LogP) is 3.64. The Hall–Kier alpha value is -1.28. The van der Waals surface area contributed by atoms with Crippen LogP contribution < -0.4 is 5.32 Å². The maximum atomic E-state index is 3.65. The number of nitrogens with one attached hydrogen (secondary N) is 1. The summed E-state index contributed by atoms with van der Waals surface area (Å²) in [6, 6.07) is 11.5. The first kappa shape index (κ1) is 9.91. The van der Waals surface area contributed by atoms with Crippen molar-refractivity contribution < 1.29 is 0 Å². The molecule has 0 saturated carbocycles. The molecule has 0 bridgehead atoms. The minimum Gasteiger partial charge on any atom is -0.381 e. The monoisotopic (exact) mass is 229 g/mol. The molecule has 0 fully saturated rings. The van der Waals surface area contributed by atoms with E-state index in [4.69, 9.17) is 0 Å². The predicted molar refractivity (Wildman–Crippen MR) is 70.3 cm³/mol. The summed E-state index contributed by atoms with van der Waals surface area (Å²) in [6.07, 6.45) is 2.32. The van der Waals surface area contributed by atoms with Crippen LogP contribution in [-0.2, 0) is 12.8 Å². The molecule has 0 radical (unpaired) electrons. The van der Waals surface area contributed by atoms with Crippen LogP contribution >= 0.6 is 11.3 Å². The van der Waals surface area contributed by atoms with Gasteiger partial charge in [-0.1, -0.05) is 24.3 Å². The summed E-state index contributed by atoms with van der Waals surface area (Å²) in [5.74, 6) is 0. The molecule has 3 rings (SSSR count). The number of aryl methyl sites for hydroxylation is 1. The van der Waals surface area contributed by atoms with Gasteiger partial charge in [-0.05, 0) is 42.3 Å². The van der Waals surface area contributed by atoms with Crippen molar-refractivity contribution >= 4 is 17.0 Å². The van der Waals surface area contributed by atoms with E-state index in [0.717, 1.165) is 12.8 Å². The Bertz CT molecular complexity index is 476. The molecule has 2 aromatic rings. The van der Waals surface area contributed by atoms with Crippen molar-refractivity contribution in [3.8, 4) is 0 Å². The van der Waals surface area contributed by atoms with Gasteiger partial charge in [0.25, 0.3) is 0 Å². The summed E-state index contributed by atoms with van der Waals surface area (Å²) < 4.78 is 0. The minimum atomic E-state index is 0.575. The number of hydrogen-bond donors (Lipinski definition) is 1. The van der Waals surface area contributed by atoms with Crippen LogP contribution in [0.15, 0.2) is 35.7 Å². The van der Waals surface area contributed by atoms with E-state index >= 15 is 0 Å². The van der Waals surface area contributed by atoms with E-state index < -0.39 is 0 Å². The lowest BCUT2D eigenvalue weighted by atomic mass is 10.1. The average molecular weight is 229 g/mol. The van der Waals surface area contributed by atoms with Gasteiger partial charge < -0.3 is 5.32 Å². The summed E-state index contributed by atoms with van der Waals surface area (Å²) in [6.45, 7) is 2.18. The molecule has 0 spiro atoms. The minimum absolute atomic E-state index is 0.575. The van der Waals surface area contributed by atoms with Crippen LogP contribution in [0.25, 0.3) is 0 Å². The molecule has 1 aliphatic carbocycles. The molecule has 1 aliphatic rings. The van der Waals surface area contributed by atoms with Crippen molar-refractivity contribution in [2.24, 2.45) is 0 Å². The lowest BCUT2D eigenvalue weighted by molar-refractivity contribution is 0.774. The maximum Gasteiger partial charge on any atom is 0.0480 e. The van der Waals surface area contributed by atoms with Crippen LogP contribution in [0.2, 0.25) is 0 Å². The normalized spacial score (nSPS) is 15.1. The van der Waals surface area contributed by atoms with E-state index in [-0.39, 0.29) is 0 Å². The second-order valence-corrected chi connectivity index (χ2v) is 5.53. The van der Waals surface area contributed by atoms with Crippen LogP contribution in [0.5, 0.6) is 0 Å². The van der Waals surface area contributed by atoms with Crippen molar-refractivity contribution in [1.82, 2.24) is 0 Å². The summed E-state index contributed by atoms with van der Waals surface area (Å²) in [4.78, 5) is 1.39. The Kier molecular flexibility index (Phi) is 2.44. The second kappa shape index (κ2) is 3.95. The summed E-state index contributed by atoms with van der Waals surface area (Å²) in [5, 5.41) is 5.80. The summed E-state index contributed by atoms with van der Waals surface area (Å²) in [7, 11) is 0. The molecule has 1 aromatic heterocycles. The van der Waals surface area contributed by atoms with Crippen molar-refractivity contribution in [3.63, 3.8) is 0 Å². The highest BCUT2D eigenvalue weighted by Gasteiger charge is 2.20. The number of hydrogen-bond acceptors (Lipinski definition) is 2. The maximum absolute atomic E-state index is 3.65. The highest BCUT2D eigenvalue weighted by molar-refractivity contribution is 7.10. The lowest BCUT2D eigenvalue weighted by Gasteiger charge is -2.12. The highest BCUT2D eigenvalue weighted by atomic mass is 32.1. The topological polar surface area (TPSA) is 12.0 Å². The van der Waals surface area contributed by atoms with Gasteiger partial charge in [-0.15, -0.1) is 11.3 Å². The third-order valence-electron chi connectivity index (χ3n) is 3.27. The van der Waals surface area contributed by atoms with Gasteiger partial charge in [0.05, 0.1) is 0 Å². The molecule has 0 amide bonds. The van der Waals surface area contributed by atoms with Gasteiger partial charge in [0.15, 0.2) is 0 Å². The SMILES string of the molecule is Cc1sccc1NC1Cc2ccccc2C1. The first-order valence-electron chi connectivity index (χ1n) is 5.70. The van der Waals surface area contributed by atoms with Gasteiger partial charge in [-0.25, -0.2) is 0 Å². The van der Waals surface area contributed by atoms with Crippen molar-refractivity contribution in [1.29, 1.82) is 0 Å². The van der Waals surface area contributed by atoms with E-state index in [1.165, 1.54) is 21.7 Å². The van der Waals surface area contributed by atoms with Gasteiger partial charge in [0, 0.05) is 16.6 Å². The Labute approximate surface area is 100 Å². The van der Waals surface area contributed by atoms with Crippen LogP contribution in [0, 0.1) is 6.92 Å². The zero-order valence-corrected chi connectivity index (χ0v) is 10.2. The molecule has 16 heavy (non-hydrogen) atoms. The van der Waals surface area contributed by atoms with E-state index in [1.54, 1.807) is 0 Å². The van der Waals surface area contributed by atoms with E-state index in [1.807, 2.05) is 11.3 Å². The van der Waals surface area contributed by atoms with Crippen LogP contribution in [-0.4, -0.2) is 6.04 Å². The Morgan fingerprint density at radius 2 is 1.81 bits per heavy atom. The van der Waals surface area contributed by atoms with Crippen molar-refractivity contribution in [2.45, 2.75) is 25.8 Å². The Morgan fingerprint density at radius 3 is 2.38 bits per heavy atom. The first-order chi connectivity index (χ1) is 7.83. The fourth-order valence-electron chi connectivity index (χ4n) is 2.42. The Balaban J connectivity index is 1.75. The third kappa shape index (κ3) is 1.74. The number of rotatable bonds is 2. The zero-order chi connectivity index (χ0) is 11.0. The molecule has 1 nitrogen and oxygen atoms in total. The van der Waals surface area contributed by atoms with Gasteiger partial charge in [0.2, 0.25) is 0 Å². The number of fused-ring (bicyclic) bond motifs is 1. The summed E-state index contributed by atoms with van der Waals surface area (Å²) >= 11 is 1.81. The van der Waals surface area contributed by atoms with Gasteiger partial charge in [0.1, 0.15) is 0 Å². The van der Waals surface area contributed by atoms with E-state index in [2.05, 4.69) is 48.0 Å². The van der Waals surface area contributed by atoms with Crippen LogP contribution in [0.4, 0.5) is 5.69 Å². The van der Waals surface area contributed by atoms with Crippen LogP contribution in [0.3, 0.4) is 0 Å². The largest absolute Gasteiger partial charge is 0.381 e. The van der Waals surface area contributed by atoms with Gasteiger partial charge in [-0.3, -0.25) is 0 Å². The quantitative estimate of drug-likeness (QED) is 0.829. The molecule has 1 aromatic carbocycles. The third-order valence-corrected chi connectivity index (χ3v) is 4.12. The zero-order valence-electron chi connectivity index (χ0n) is 9.36. The van der Waals surface area contributed by atoms with E-state index in [9.17, 15) is 0 Å². The van der Waals surface area contributed by atoms with Crippen molar-refractivity contribution in [2.75, 3.05) is 5.32 Å².